The summed E-state index contributed by atoms with van der Waals surface area (Å²) in [5.41, 5.74) is 0. The summed E-state index contributed by atoms with van der Waals surface area (Å²) in [7, 11) is 0. The van der Waals surface area contributed by atoms with Gasteiger partial charge in [-0.2, -0.15) is 0 Å². The van der Waals surface area contributed by atoms with Crippen LogP contribution in [-0.4, -0.2) is 55.0 Å². The van der Waals surface area contributed by atoms with Crippen molar-refractivity contribution >= 4 is 28.8 Å². The molecule has 19 heavy (non-hydrogen) atoms. The Balaban J connectivity index is 1.59. The van der Waals surface area contributed by atoms with Crippen molar-refractivity contribution in [3.05, 3.63) is 0 Å². The molecule has 1 N–H and O–H groups in total. The minimum Gasteiger partial charge on any atom is -0.303 e. The highest BCUT2D eigenvalue weighted by Gasteiger charge is 2.21. The molecule has 0 aromatic heterocycles. The maximum atomic E-state index is 11.3. The molecule has 5 heteroatoms. The van der Waals surface area contributed by atoms with Gasteiger partial charge < -0.3 is 4.90 Å². The molecule has 0 unspecified atom stereocenters. The Morgan fingerprint density at radius 1 is 1.05 bits per heavy atom. The quantitative estimate of drug-likeness (QED) is 0.587. The largest absolute Gasteiger partial charge is 0.303 e. The van der Waals surface area contributed by atoms with Gasteiger partial charge in [-0.1, -0.05) is 6.42 Å². The Morgan fingerprint density at radius 3 is 2.37 bits per heavy atom. The molecule has 1 amide bonds. The Labute approximate surface area is 130 Å². The van der Waals surface area contributed by atoms with E-state index in [4.69, 9.17) is 0 Å². The van der Waals surface area contributed by atoms with Gasteiger partial charge in [-0.15, -0.1) is 0 Å². The molecular weight excluding hydrogens is 353 g/mol. The van der Waals surface area contributed by atoms with Crippen LogP contribution in [0, 0.1) is 5.92 Å². The summed E-state index contributed by atoms with van der Waals surface area (Å²) in [5, 5.41) is 0. The number of nitrogens with one attached hydrogen (secondary N) is 1. The predicted octanol–water partition coefficient (Wildman–Crippen LogP) is 2.04. The molecule has 2 aliphatic heterocycles. The van der Waals surface area contributed by atoms with Crippen molar-refractivity contribution in [1.82, 2.24) is 13.3 Å². The molecule has 2 saturated heterocycles. The fourth-order valence-electron chi connectivity index (χ4n) is 3.21. The Bertz CT molecular complexity index is 274. The van der Waals surface area contributed by atoms with E-state index in [0.717, 1.165) is 19.0 Å². The minimum atomic E-state index is 0.132. The molecule has 110 valence electrons. The van der Waals surface area contributed by atoms with E-state index in [9.17, 15) is 4.79 Å². The van der Waals surface area contributed by atoms with E-state index in [-0.39, 0.29) is 5.91 Å². The van der Waals surface area contributed by atoms with E-state index >= 15 is 0 Å². The highest BCUT2D eigenvalue weighted by Crippen LogP contribution is 2.21. The predicted molar refractivity (Wildman–Crippen MR) is 86.2 cm³/mol. The van der Waals surface area contributed by atoms with Gasteiger partial charge in [0.2, 0.25) is 5.91 Å². The monoisotopic (exact) mass is 379 g/mol. The molecule has 0 saturated carbocycles. The normalized spacial score (nSPS) is 23.4. The zero-order chi connectivity index (χ0) is 13.5. The standard InChI is InChI=1S/C14H26IN3O/c15-16-14(19)12-18-10-5-13(6-11-18)4-9-17-7-2-1-3-8-17/h13H,1-12H2,(H,16,19). The van der Waals surface area contributed by atoms with Gasteiger partial charge in [-0.05, 0) is 70.7 Å². The van der Waals surface area contributed by atoms with Crippen molar-refractivity contribution in [3.63, 3.8) is 0 Å². The van der Waals surface area contributed by atoms with Crippen molar-refractivity contribution < 1.29 is 4.79 Å². The van der Waals surface area contributed by atoms with Gasteiger partial charge in [0.25, 0.3) is 0 Å². The fourth-order valence-corrected chi connectivity index (χ4v) is 3.38. The third kappa shape index (κ3) is 5.55. The Kier molecular flexibility index (Phi) is 6.87. The third-order valence-electron chi connectivity index (χ3n) is 4.48. The van der Waals surface area contributed by atoms with Gasteiger partial charge in [-0.25, -0.2) is 0 Å². The molecule has 2 rings (SSSR count). The van der Waals surface area contributed by atoms with Crippen LogP contribution in [0.3, 0.4) is 0 Å². The van der Waals surface area contributed by atoms with Crippen molar-refractivity contribution in [3.8, 4) is 0 Å². The molecule has 0 spiro atoms. The van der Waals surface area contributed by atoms with Crippen LogP contribution in [0.25, 0.3) is 0 Å². The average Bonchev–Trinajstić information content (AvgIpc) is 2.47. The Hall–Kier alpha value is 0.120. The molecule has 0 radical (unpaired) electrons. The first-order valence-corrected chi connectivity index (χ1v) is 8.70. The van der Waals surface area contributed by atoms with Crippen LogP contribution in [0.4, 0.5) is 0 Å². The number of hydrogen-bond acceptors (Lipinski definition) is 3. The second-order valence-corrected chi connectivity index (χ2v) is 6.47. The number of carbonyl (C=O) groups excluding carboxylic acids is 1. The smallest absolute Gasteiger partial charge is 0.242 e. The van der Waals surface area contributed by atoms with Crippen molar-refractivity contribution in [2.24, 2.45) is 5.92 Å². The van der Waals surface area contributed by atoms with E-state index in [2.05, 4.69) is 13.3 Å². The number of likely N-dealkylation sites (tertiary alicyclic amines) is 2. The molecular formula is C14H26IN3O. The average molecular weight is 379 g/mol. The van der Waals surface area contributed by atoms with Gasteiger partial charge >= 0.3 is 0 Å². The van der Waals surface area contributed by atoms with Crippen LogP contribution < -0.4 is 3.53 Å². The van der Waals surface area contributed by atoms with Crippen LogP contribution in [-0.2, 0) is 4.79 Å². The topological polar surface area (TPSA) is 35.6 Å². The molecule has 2 aliphatic rings. The summed E-state index contributed by atoms with van der Waals surface area (Å²) in [6.45, 7) is 6.67. The van der Waals surface area contributed by atoms with E-state index < -0.39 is 0 Å². The first kappa shape index (κ1) is 15.5. The number of amides is 1. The van der Waals surface area contributed by atoms with E-state index in [1.54, 1.807) is 0 Å². The third-order valence-corrected chi connectivity index (χ3v) is 5.08. The molecule has 0 atom stereocenters. The first-order chi connectivity index (χ1) is 9.28. The summed E-state index contributed by atoms with van der Waals surface area (Å²) in [6, 6.07) is 0. The number of piperidine rings is 2. The lowest BCUT2D eigenvalue weighted by atomic mass is 9.93. The maximum Gasteiger partial charge on any atom is 0.242 e. The summed E-state index contributed by atoms with van der Waals surface area (Å²) in [6.07, 6.45) is 8.10. The number of hydrogen-bond donors (Lipinski definition) is 1. The van der Waals surface area contributed by atoms with Crippen LogP contribution in [0.15, 0.2) is 0 Å². The highest BCUT2D eigenvalue weighted by atomic mass is 127. The van der Waals surface area contributed by atoms with Crippen LogP contribution >= 0.6 is 22.9 Å². The summed E-state index contributed by atoms with van der Waals surface area (Å²) >= 11 is 1.92. The second kappa shape index (κ2) is 8.42. The summed E-state index contributed by atoms with van der Waals surface area (Å²) in [5.74, 6) is 1.01. The van der Waals surface area contributed by atoms with Gasteiger partial charge in [0.15, 0.2) is 0 Å². The van der Waals surface area contributed by atoms with Crippen molar-refractivity contribution in [2.45, 2.75) is 38.5 Å². The van der Waals surface area contributed by atoms with Gasteiger partial charge in [0, 0.05) is 0 Å². The maximum absolute atomic E-state index is 11.3. The number of halogens is 1. The summed E-state index contributed by atoms with van der Waals surface area (Å²) < 4.78 is 2.67. The SMILES string of the molecule is O=C(CN1CCC(CCN2CCCCC2)CC1)NI. The highest BCUT2D eigenvalue weighted by molar-refractivity contribution is 14.1. The van der Waals surface area contributed by atoms with Crippen molar-refractivity contribution in [2.75, 3.05) is 39.3 Å². The van der Waals surface area contributed by atoms with E-state index in [0.29, 0.717) is 6.54 Å². The second-order valence-electron chi connectivity index (χ2n) is 5.93. The van der Waals surface area contributed by atoms with Gasteiger partial charge in [0.05, 0.1) is 29.4 Å². The number of nitrogens with zero attached hydrogens (tertiary/aromatic N) is 2. The lowest BCUT2D eigenvalue weighted by Crippen LogP contribution is -2.40. The zero-order valence-corrected chi connectivity index (χ0v) is 13.9. The molecule has 4 nitrogen and oxygen atoms in total. The molecule has 2 heterocycles. The number of rotatable bonds is 5. The van der Waals surface area contributed by atoms with Crippen molar-refractivity contribution in [1.29, 1.82) is 0 Å². The zero-order valence-electron chi connectivity index (χ0n) is 11.7. The van der Waals surface area contributed by atoms with Gasteiger partial charge in [-0.3, -0.25) is 13.2 Å². The van der Waals surface area contributed by atoms with Crippen LogP contribution in [0.5, 0.6) is 0 Å². The van der Waals surface area contributed by atoms with Crippen LogP contribution in [0.2, 0.25) is 0 Å². The summed E-state index contributed by atoms with van der Waals surface area (Å²) in [4.78, 5) is 16.2. The van der Waals surface area contributed by atoms with Crippen LogP contribution in [0.1, 0.15) is 38.5 Å². The first-order valence-electron chi connectivity index (χ1n) is 7.62. The van der Waals surface area contributed by atoms with Gasteiger partial charge in [0.1, 0.15) is 0 Å². The van der Waals surface area contributed by atoms with E-state index in [1.165, 1.54) is 58.2 Å². The molecule has 0 aliphatic carbocycles. The molecule has 0 aromatic rings. The minimum absolute atomic E-state index is 0.132. The lowest BCUT2D eigenvalue weighted by molar-refractivity contribution is -0.120. The fraction of sp³-hybridized carbons (Fsp3) is 0.929. The lowest BCUT2D eigenvalue weighted by Gasteiger charge is -2.33. The molecule has 0 bridgehead atoms. The van der Waals surface area contributed by atoms with E-state index in [1.807, 2.05) is 22.9 Å². The molecule has 2 fully saturated rings. The molecule has 0 aromatic carbocycles. The Morgan fingerprint density at radius 2 is 1.74 bits per heavy atom. The number of carbonyl (C=O) groups is 1.